The molecule has 0 aliphatic carbocycles. The largest absolute Gasteiger partial charge is 0.358 e. The topological polar surface area (TPSA) is 69.0 Å². The molecule has 0 aliphatic rings. The monoisotopic (exact) mass is 318 g/mol. The summed E-state index contributed by atoms with van der Waals surface area (Å²) in [5.41, 5.74) is 1.51. The highest BCUT2D eigenvalue weighted by Gasteiger charge is 2.16. The Labute approximate surface area is 141 Å². The van der Waals surface area contributed by atoms with Gasteiger partial charge >= 0.3 is 0 Å². The van der Waals surface area contributed by atoms with Crippen LogP contribution in [0.3, 0.4) is 0 Å². The fraction of sp³-hybridized carbons (Fsp3) is 0.105. The Bertz CT molecular complexity index is 817. The highest BCUT2D eigenvalue weighted by Crippen LogP contribution is 2.20. The SMILES string of the molecule is C=CCN(CC=C)C(=O)/C(C#N)=C\Nc1cccc2cccnc12. The van der Waals surface area contributed by atoms with E-state index in [-0.39, 0.29) is 11.5 Å². The number of aromatic nitrogens is 1. The van der Waals surface area contributed by atoms with Gasteiger partial charge in [0.05, 0.1) is 11.2 Å². The zero-order chi connectivity index (χ0) is 17.4. The number of rotatable bonds is 7. The maximum atomic E-state index is 12.4. The Morgan fingerprint density at radius 1 is 1.25 bits per heavy atom. The average Bonchev–Trinajstić information content (AvgIpc) is 2.62. The molecule has 0 saturated heterocycles. The van der Waals surface area contributed by atoms with Crippen molar-refractivity contribution in [3.63, 3.8) is 0 Å². The number of pyridine rings is 1. The summed E-state index contributed by atoms with van der Waals surface area (Å²) in [5.74, 6) is -0.377. The molecule has 24 heavy (non-hydrogen) atoms. The van der Waals surface area contributed by atoms with E-state index in [1.807, 2.05) is 36.4 Å². The predicted molar refractivity (Wildman–Crippen MR) is 96.0 cm³/mol. The fourth-order valence-electron chi connectivity index (χ4n) is 2.23. The molecule has 2 aromatic rings. The number of carbonyl (C=O) groups is 1. The number of nitrogens with zero attached hydrogens (tertiary/aromatic N) is 3. The molecule has 0 aliphatic heterocycles. The van der Waals surface area contributed by atoms with Gasteiger partial charge in [-0.05, 0) is 12.1 Å². The second-order valence-electron chi connectivity index (χ2n) is 4.98. The van der Waals surface area contributed by atoms with E-state index in [0.29, 0.717) is 13.1 Å². The summed E-state index contributed by atoms with van der Waals surface area (Å²) in [5, 5.41) is 13.3. The molecule has 1 amide bonds. The summed E-state index contributed by atoms with van der Waals surface area (Å²) >= 11 is 0. The van der Waals surface area contributed by atoms with E-state index in [1.54, 1.807) is 18.3 Å². The predicted octanol–water partition coefficient (Wildman–Crippen LogP) is 3.25. The van der Waals surface area contributed by atoms with Crippen LogP contribution >= 0.6 is 0 Å². The van der Waals surface area contributed by atoms with E-state index in [0.717, 1.165) is 16.6 Å². The fourth-order valence-corrected chi connectivity index (χ4v) is 2.23. The minimum absolute atomic E-state index is 0.00614. The Morgan fingerprint density at radius 2 is 1.96 bits per heavy atom. The van der Waals surface area contributed by atoms with Crippen LogP contribution in [0.25, 0.3) is 10.9 Å². The molecule has 0 saturated carbocycles. The molecule has 0 spiro atoms. The van der Waals surface area contributed by atoms with Crippen LogP contribution in [0.2, 0.25) is 0 Å². The van der Waals surface area contributed by atoms with Crippen molar-refractivity contribution >= 4 is 22.5 Å². The molecule has 1 heterocycles. The van der Waals surface area contributed by atoms with E-state index in [9.17, 15) is 10.1 Å². The Balaban J connectivity index is 2.27. The van der Waals surface area contributed by atoms with Gasteiger partial charge in [-0.3, -0.25) is 9.78 Å². The first-order valence-electron chi connectivity index (χ1n) is 7.43. The molecule has 5 heteroatoms. The van der Waals surface area contributed by atoms with Crippen LogP contribution in [0, 0.1) is 11.3 Å². The van der Waals surface area contributed by atoms with Crippen LogP contribution in [0.5, 0.6) is 0 Å². The average molecular weight is 318 g/mol. The molecule has 120 valence electrons. The van der Waals surface area contributed by atoms with Gasteiger partial charge in [0.25, 0.3) is 5.91 Å². The summed E-state index contributed by atoms with van der Waals surface area (Å²) < 4.78 is 0. The third-order valence-corrected chi connectivity index (χ3v) is 3.34. The molecule has 0 unspecified atom stereocenters. The van der Waals surface area contributed by atoms with Gasteiger partial charge < -0.3 is 10.2 Å². The third-order valence-electron chi connectivity index (χ3n) is 3.34. The first-order valence-corrected chi connectivity index (χ1v) is 7.43. The summed E-state index contributed by atoms with van der Waals surface area (Å²) in [6.07, 6.45) is 6.32. The number of benzene rings is 1. The molecule has 2 rings (SSSR count). The maximum absolute atomic E-state index is 12.4. The molecule has 5 nitrogen and oxygen atoms in total. The van der Waals surface area contributed by atoms with E-state index in [4.69, 9.17) is 0 Å². The number of amides is 1. The number of anilines is 1. The smallest absolute Gasteiger partial charge is 0.266 e. The number of carbonyl (C=O) groups excluding carboxylic acids is 1. The zero-order valence-corrected chi connectivity index (χ0v) is 13.3. The summed E-state index contributed by atoms with van der Waals surface area (Å²) in [4.78, 5) is 18.2. The molecule has 0 fully saturated rings. The molecule has 0 atom stereocenters. The highest BCUT2D eigenvalue weighted by molar-refractivity contribution is 5.98. The van der Waals surface area contributed by atoms with Gasteiger partial charge in [0.2, 0.25) is 0 Å². The van der Waals surface area contributed by atoms with Crippen molar-refractivity contribution < 1.29 is 4.79 Å². The number of hydrogen-bond acceptors (Lipinski definition) is 4. The second kappa shape index (κ2) is 8.30. The van der Waals surface area contributed by atoms with Crippen LogP contribution in [-0.2, 0) is 4.79 Å². The van der Waals surface area contributed by atoms with Gasteiger partial charge in [-0.15, -0.1) is 13.2 Å². The highest BCUT2D eigenvalue weighted by atomic mass is 16.2. The first kappa shape index (κ1) is 17.0. The number of nitrogens with one attached hydrogen (secondary N) is 1. The lowest BCUT2D eigenvalue weighted by Gasteiger charge is -2.18. The minimum Gasteiger partial charge on any atom is -0.358 e. The first-order chi connectivity index (χ1) is 11.7. The lowest BCUT2D eigenvalue weighted by molar-refractivity contribution is -0.125. The maximum Gasteiger partial charge on any atom is 0.266 e. The molecule has 0 radical (unpaired) electrons. The number of nitriles is 1. The van der Waals surface area contributed by atoms with Crippen molar-refractivity contribution in [1.29, 1.82) is 5.26 Å². The number of hydrogen-bond donors (Lipinski definition) is 1. The van der Waals surface area contributed by atoms with Gasteiger partial charge in [0, 0.05) is 30.9 Å². The van der Waals surface area contributed by atoms with Gasteiger partial charge in [-0.25, -0.2) is 0 Å². The molecule has 1 N–H and O–H groups in total. The van der Waals surface area contributed by atoms with Gasteiger partial charge in [-0.1, -0.05) is 30.4 Å². The van der Waals surface area contributed by atoms with Crippen molar-refractivity contribution in [2.75, 3.05) is 18.4 Å². The lowest BCUT2D eigenvalue weighted by atomic mass is 10.2. The van der Waals surface area contributed by atoms with Crippen molar-refractivity contribution in [2.24, 2.45) is 0 Å². The molecule has 0 bridgehead atoms. The van der Waals surface area contributed by atoms with Gasteiger partial charge in [0.1, 0.15) is 11.6 Å². The quantitative estimate of drug-likeness (QED) is 0.483. The summed E-state index contributed by atoms with van der Waals surface area (Å²) in [6.45, 7) is 7.94. The van der Waals surface area contributed by atoms with Gasteiger partial charge in [-0.2, -0.15) is 5.26 Å². The minimum atomic E-state index is -0.377. The van der Waals surface area contributed by atoms with E-state index in [1.165, 1.54) is 11.1 Å². The normalized spacial score (nSPS) is 10.7. The Morgan fingerprint density at radius 3 is 2.62 bits per heavy atom. The summed E-state index contributed by atoms with van der Waals surface area (Å²) in [6, 6.07) is 11.4. The second-order valence-corrected chi connectivity index (χ2v) is 4.98. The van der Waals surface area contributed by atoms with Crippen molar-refractivity contribution in [1.82, 2.24) is 9.88 Å². The molecular formula is C19H18N4O. The van der Waals surface area contributed by atoms with E-state index in [2.05, 4.69) is 23.5 Å². The molecule has 1 aromatic carbocycles. The third kappa shape index (κ3) is 3.87. The Kier molecular flexibility index (Phi) is 5.87. The van der Waals surface area contributed by atoms with E-state index < -0.39 is 0 Å². The van der Waals surface area contributed by atoms with Crippen LogP contribution in [0.1, 0.15) is 0 Å². The van der Waals surface area contributed by atoms with Crippen LogP contribution < -0.4 is 5.32 Å². The molecule has 1 aromatic heterocycles. The summed E-state index contributed by atoms with van der Waals surface area (Å²) in [7, 11) is 0. The van der Waals surface area contributed by atoms with Crippen molar-refractivity contribution in [3.05, 3.63) is 73.6 Å². The standard InChI is InChI=1S/C19H18N4O/c1-3-11-23(12-4-2)19(24)16(13-20)14-22-17-9-5-7-15-8-6-10-21-18(15)17/h3-10,14,22H,1-2,11-12H2/b16-14-. The number of para-hydroxylation sites is 1. The molecular weight excluding hydrogens is 300 g/mol. The van der Waals surface area contributed by atoms with Crippen LogP contribution in [0.4, 0.5) is 5.69 Å². The lowest BCUT2D eigenvalue weighted by Crippen LogP contribution is -2.32. The van der Waals surface area contributed by atoms with Crippen LogP contribution in [0.15, 0.2) is 73.6 Å². The van der Waals surface area contributed by atoms with E-state index >= 15 is 0 Å². The van der Waals surface area contributed by atoms with Crippen molar-refractivity contribution in [3.8, 4) is 6.07 Å². The Hall–Kier alpha value is -3.39. The van der Waals surface area contributed by atoms with Crippen LogP contribution in [-0.4, -0.2) is 28.9 Å². The number of fused-ring (bicyclic) bond motifs is 1. The van der Waals surface area contributed by atoms with Gasteiger partial charge in [0.15, 0.2) is 0 Å². The zero-order valence-electron chi connectivity index (χ0n) is 13.3. The van der Waals surface area contributed by atoms with Crippen molar-refractivity contribution in [2.45, 2.75) is 0 Å².